The van der Waals surface area contributed by atoms with Crippen LogP contribution in [0, 0.1) is 12.7 Å². The van der Waals surface area contributed by atoms with Gasteiger partial charge in [-0.15, -0.1) is 10.2 Å². The maximum atomic E-state index is 13.7. The first-order chi connectivity index (χ1) is 9.09. The lowest BCUT2D eigenvalue weighted by Crippen LogP contribution is -2.28. The quantitative estimate of drug-likeness (QED) is 0.867. The Morgan fingerprint density at radius 2 is 2.32 bits per heavy atom. The molecule has 1 atom stereocenters. The highest BCUT2D eigenvalue weighted by atomic mass is 19.1. The molecule has 7 heteroatoms. The van der Waals surface area contributed by atoms with Crippen LogP contribution in [-0.2, 0) is 0 Å². The monoisotopic (exact) mass is 263 g/mol. The number of tetrazole rings is 1. The third kappa shape index (κ3) is 2.93. The Morgan fingerprint density at radius 3 is 3.00 bits per heavy atom. The SMILES string of the molecule is Cc1cccc(C(=O)NC[C@H](C)c2nn[nH]n2)c1F. The van der Waals surface area contributed by atoms with Crippen molar-refractivity contribution in [2.75, 3.05) is 6.54 Å². The number of amides is 1. The molecule has 2 N–H and O–H groups in total. The predicted octanol–water partition coefficient (Wildman–Crippen LogP) is 1.18. The number of nitrogens with zero attached hydrogens (tertiary/aromatic N) is 3. The van der Waals surface area contributed by atoms with Gasteiger partial charge in [0, 0.05) is 12.5 Å². The van der Waals surface area contributed by atoms with Crippen LogP contribution in [0.3, 0.4) is 0 Å². The van der Waals surface area contributed by atoms with Gasteiger partial charge in [0.15, 0.2) is 5.82 Å². The summed E-state index contributed by atoms with van der Waals surface area (Å²) in [5.41, 5.74) is 0.485. The number of rotatable bonds is 4. The van der Waals surface area contributed by atoms with E-state index >= 15 is 0 Å². The molecule has 1 aromatic heterocycles. The van der Waals surface area contributed by atoms with Crippen molar-refractivity contribution in [1.29, 1.82) is 0 Å². The van der Waals surface area contributed by atoms with E-state index < -0.39 is 11.7 Å². The fraction of sp³-hybridized carbons (Fsp3) is 0.333. The van der Waals surface area contributed by atoms with Gasteiger partial charge in [-0.3, -0.25) is 4.79 Å². The molecule has 1 heterocycles. The Kier molecular flexibility index (Phi) is 3.84. The number of benzene rings is 1. The molecule has 0 fully saturated rings. The van der Waals surface area contributed by atoms with Crippen LogP contribution in [-0.4, -0.2) is 33.1 Å². The van der Waals surface area contributed by atoms with Crippen LogP contribution in [0.4, 0.5) is 4.39 Å². The van der Waals surface area contributed by atoms with Gasteiger partial charge in [-0.25, -0.2) is 4.39 Å². The molecule has 0 aliphatic carbocycles. The highest BCUT2D eigenvalue weighted by molar-refractivity contribution is 5.94. The van der Waals surface area contributed by atoms with Gasteiger partial charge in [0.05, 0.1) is 5.56 Å². The van der Waals surface area contributed by atoms with Gasteiger partial charge in [-0.2, -0.15) is 5.21 Å². The van der Waals surface area contributed by atoms with Crippen LogP contribution in [0.2, 0.25) is 0 Å². The van der Waals surface area contributed by atoms with Gasteiger partial charge in [0.2, 0.25) is 0 Å². The summed E-state index contributed by atoms with van der Waals surface area (Å²) in [6, 6.07) is 4.72. The Hall–Kier alpha value is -2.31. The summed E-state index contributed by atoms with van der Waals surface area (Å²) in [6.07, 6.45) is 0. The van der Waals surface area contributed by atoms with Crippen LogP contribution < -0.4 is 5.32 Å². The van der Waals surface area contributed by atoms with E-state index in [1.54, 1.807) is 19.1 Å². The summed E-state index contributed by atoms with van der Waals surface area (Å²) in [4.78, 5) is 11.9. The second-order valence-corrected chi connectivity index (χ2v) is 4.32. The number of hydrogen-bond acceptors (Lipinski definition) is 4. The summed E-state index contributed by atoms with van der Waals surface area (Å²) in [7, 11) is 0. The molecule has 1 aromatic carbocycles. The fourth-order valence-corrected chi connectivity index (χ4v) is 1.63. The number of aryl methyl sites for hydroxylation is 1. The number of aromatic amines is 1. The number of carbonyl (C=O) groups is 1. The number of hydrogen-bond donors (Lipinski definition) is 2. The molecule has 2 rings (SSSR count). The van der Waals surface area contributed by atoms with E-state index in [1.807, 2.05) is 6.92 Å². The van der Waals surface area contributed by atoms with Crippen LogP contribution in [0.5, 0.6) is 0 Å². The van der Waals surface area contributed by atoms with Crippen molar-refractivity contribution in [1.82, 2.24) is 25.9 Å². The van der Waals surface area contributed by atoms with Crippen molar-refractivity contribution in [3.63, 3.8) is 0 Å². The number of aromatic nitrogens is 4. The molecule has 0 spiro atoms. The Morgan fingerprint density at radius 1 is 1.53 bits per heavy atom. The zero-order valence-electron chi connectivity index (χ0n) is 10.6. The molecule has 1 amide bonds. The summed E-state index contributed by atoms with van der Waals surface area (Å²) in [5, 5.41) is 16.1. The summed E-state index contributed by atoms with van der Waals surface area (Å²) in [5.74, 6) is -0.538. The van der Waals surface area contributed by atoms with E-state index in [9.17, 15) is 9.18 Å². The molecule has 0 radical (unpaired) electrons. The maximum absolute atomic E-state index is 13.7. The Balaban J connectivity index is 2.00. The lowest BCUT2D eigenvalue weighted by molar-refractivity contribution is 0.0947. The molecular formula is C12H14FN5O. The molecule has 2 aromatic rings. The van der Waals surface area contributed by atoms with Crippen molar-refractivity contribution in [3.05, 3.63) is 41.0 Å². The van der Waals surface area contributed by atoms with Gasteiger partial charge in [-0.1, -0.05) is 24.3 Å². The van der Waals surface area contributed by atoms with Gasteiger partial charge in [0.1, 0.15) is 5.82 Å². The molecule has 0 aliphatic rings. The minimum Gasteiger partial charge on any atom is -0.351 e. The molecule has 100 valence electrons. The average molecular weight is 263 g/mol. The zero-order chi connectivity index (χ0) is 13.8. The van der Waals surface area contributed by atoms with Crippen LogP contribution in [0.1, 0.15) is 34.6 Å². The predicted molar refractivity (Wildman–Crippen MR) is 66.1 cm³/mol. The normalized spacial score (nSPS) is 12.2. The van der Waals surface area contributed by atoms with Gasteiger partial charge >= 0.3 is 0 Å². The molecule has 0 unspecified atom stereocenters. The molecule has 0 saturated carbocycles. The average Bonchev–Trinajstić information content (AvgIpc) is 2.93. The fourth-order valence-electron chi connectivity index (χ4n) is 1.63. The minimum absolute atomic E-state index is 0.0420. The van der Waals surface area contributed by atoms with E-state index in [0.717, 1.165) is 0 Å². The van der Waals surface area contributed by atoms with Crippen molar-refractivity contribution in [2.24, 2.45) is 0 Å². The molecule has 0 aliphatic heterocycles. The van der Waals surface area contributed by atoms with Crippen molar-refractivity contribution in [2.45, 2.75) is 19.8 Å². The molecule has 6 nitrogen and oxygen atoms in total. The van der Waals surface area contributed by atoms with Gasteiger partial charge < -0.3 is 5.32 Å². The number of carbonyl (C=O) groups excluding carboxylic acids is 1. The third-order valence-electron chi connectivity index (χ3n) is 2.81. The van der Waals surface area contributed by atoms with E-state index in [0.29, 0.717) is 17.9 Å². The standard InChI is InChI=1S/C12H14FN5O/c1-7-4-3-5-9(10(7)13)12(19)14-6-8(2)11-15-17-18-16-11/h3-5,8H,6H2,1-2H3,(H,14,19)(H,15,16,17,18)/t8-/m0/s1. The maximum Gasteiger partial charge on any atom is 0.254 e. The first-order valence-electron chi connectivity index (χ1n) is 5.86. The van der Waals surface area contributed by atoms with E-state index in [1.165, 1.54) is 6.07 Å². The molecule has 0 bridgehead atoms. The highest BCUT2D eigenvalue weighted by Crippen LogP contribution is 2.12. The first kappa shape index (κ1) is 13.1. The van der Waals surface area contributed by atoms with Crippen molar-refractivity contribution >= 4 is 5.91 Å². The van der Waals surface area contributed by atoms with Crippen LogP contribution in [0.25, 0.3) is 0 Å². The van der Waals surface area contributed by atoms with E-state index in [4.69, 9.17) is 0 Å². The third-order valence-corrected chi connectivity index (χ3v) is 2.81. The first-order valence-corrected chi connectivity index (χ1v) is 5.86. The van der Waals surface area contributed by atoms with E-state index in [-0.39, 0.29) is 11.5 Å². The number of halogens is 1. The van der Waals surface area contributed by atoms with E-state index in [2.05, 4.69) is 25.9 Å². The topological polar surface area (TPSA) is 83.6 Å². The number of H-pyrrole nitrogens is 1. The minimum atomic E-state index is -0.493. The van der Waals surface area contributed by atoms with Gasteiger partial charge in [0.25, 0.3) is 5.91 Å². The highest BCUT2D eigenvalue weighted by Gasteiger charge is 2.15. The summed E-state index contributed by atoms with van der Waals surface area (Å²) < 4.78 is 13.7. The number of nitrogens with one attached hydrogen (secondary N) is 2. The lowest BCUT2D eigenvalue weighted by atomic mass is 10.1. The van der Waals surface area contributed by atoms with Crippen molar-refractivity contribution in [3.8, 4) is 0 Å². The summed E-state index contributed by atoms with van der Waals surface area (Å²) in [6.45, 7) is 3.78. The van der Waals surface area contributed by atoms with Crippen LogP contribution >= 0.6 is 0 Å². The smallest absolute Gasteiger partial charge is 0.254 e. The lowest BCUT2D eigenvalue weighted by Gasteiger charge is -2.10. The Bertz CT molecular complexity index is 570. The summed E-state index contributed by atoms with van der Waals surface area (Å²) >= 11 is 0. The molecular weight excluding hydrogens is 249 g/mol. The van der Waals surface area contributed by atoms with Gasteiger partial charge in [-0.05, 0) is 18.6 Å². The van der Waals surface area contributed by atoms with Crippen molar-refractivity contribution < 1.29 is 9.18 Å². The molecule has 19 heavy (non-hydrogen) atoms. The second kappa shape index (κ2) is 5.55. The molecule has 0 saturated heterocycles. The zero-order valence-corrected chi connectivity index (χ0v) is 10.6. The Labute approximate surface area is 109 Å². The van der Waals surface area contributed by atoms with Crippen LogP contribution in [0.15, 0.2) is 18.2 Å². The second-order valence-electron chi connectivity index (χ2n) is 4.32. The largest absolute Gasteiger partial charge is 0.351 e.